The van der Waals surface area contributed by atoms with Gasteiger partial charge >= 0.3 is 0 Å². The van der Waals surface area contributed by atoms with Crippen LogP contribution in [0, 0.1) is 5.41 Å². The third-order valence-electron chi connectivity index (χ3n) is 5.07. The SMILES string of the molecule is CC(=O)N(CCC(C)(C)Cc1ccccc1)[C@@H]1CCOC(C)(C)C1. The molecule has 0 aliphatic carbocycles. The molecule has 0 saturated carbocycles. The van der Waals surface area contributed by atoms with E-state index in [1.54, 1.807) is 6.92 Å². The first-order valence-corrected chi connectivity index (χ1v) is 9.14. The molecule has 1 aromatic rings. The van der Waals surface area contributed by atoms with Crippen molar-refractivity contribution >= 4 is 5.91 Å². The van der Waals surface area contributed by atoms with Gasteiger partial charge in [0.25, 0.3) is 0 Å². The highest BCUT2D eigenvalue weighted by molar-refractivity contribution is 5.73. The third-order valence-corrected chi connectivity index (χ3v) is 5.07. The summed E-state index contributed by atoms with van der Waals surface area (Å²) in [6.45, 7) is 12.1. The van der Waals surface area contributed by atoms with Crippen LogP contribution in [0.2, 0.25) is 0 Å². The Bertz CT molecular complexity index is 536. The van der Waals surface area contributed by atoms with Crippen molar-refractivity contribution in [2.75, 3.05) is 13.2 Å². The van der Waals surface area contributed by atoms with Crippen molar-refractivity contribution in [3.05, 3.63) is 35.9 Å². The van der Waals surface area contributed by atoms with Gasteiger partial charge in [0.05, 0.1) is 5.60 Å². The van der Waals surface area contributed by atoms with Crippen LogP contribution in [-0.2, 0) is 16.0 Å². The molecule has 1 heterocycles. The van der Waals surface area contributed by atoms with E-state index >= 15 is 0 Å². The fourth-order valence-corrected chi connectivity index (χ4v) is 3.72. The van der Waals surface area contributed by atoms with Crippen molar-refractivity contribution in [2.24, 2.45) is 5.41 Å². The zero-order valence-corrected chi connectivity index (χ0v) is 16.0. The molecule has 1 aromatic carbocycles. The van der Waals surface area contributed by atoms with E-state index in [2.05, 4.69) is 62.9 Å². The van der Waals surface area contributed by atoms with E-state index in [-0.39, 0.29) is 16.9 Å². The Hall–Kier alpha value is -1.35. The largest absolute Gasteiger partial charge is 0.375 e. The second-order valence-electron chi connectivity index (χ2n) is 8.54. The average molecular weight is 332 g/mol. The molecule has 0 spiro atoms. The van der Waals surface area contributed by atoms with Crippen LogP contribution in [0.15, 0.2) is 30.3 Å². The minimum Gasteiger partial charge on any atom is -0.375 e. The minimum atomic E-state index is -0.129. The van der Waals surface area contributed by atoms with Gasteiger partial charge in [-0.25, -0.2) is 0 Å². The normalized spacial score (nSPS) is 20.6. The molecule has 1 atom stereocenters. The summed E-state index contributed by atoms with van der Waals surface area (Å²) in [5.41, 5.74) is 1.41. The molecule has 2 rings (SSSR count). The van der Waals surface area contributed by atoms with Gasteiger partial charge in [-0.3, -0.25) is 4.79 Å². The first-order chi connectivity index (χ1) is 11.2. The van der Waals surface area contributed by atoms with Gasteiger partial charge in [-0.15, -0.1) is 0 Å². The molecule has 3 heteroatoms. The summed E-state index contributed by atoms with van der Waals surface area (Å²) < 4.78 is 5.81. The van der Waals surface area contributed by atoms with Gasteiger partial charge in [0.15, 0.2) is 0 Å². The van der Waals surface area contributed by atoms with Crippen molar-refractivity contribution in [2.45, 2.75) is 71.9 Å². The highest BCUT2D eigenvalue weighted by Gasteiger charge is 2.34. The summed E-state index contributed by atoms with van der Waals surface area (Å²) in [7, 11) is 0. The molecule has 3 nitrogen and oxygen atoms in total. The first-order valence-electron chi connectivity index (χ1n) is 9.14. The first kappa shape index (κ1) is 19.0. The van der Waals surface area contributed by atoms with Crippen molar-refractivity contribution in [1.82, 2.24) is 4.90 Å². The summed E-state index contributed by atoms with van der Waals surface area (Å²) in [4.78, 5) is 14.3. The Balaban J connectivity index is 1.96. The van der Waals surface area contributed by atoms with E-state index < -0.39 is 0 Å². The van der Waals surface area contributed by atoms with Crippen molar-refractivity contribution in [3.8, 4) is 0 Å². The van der Waals surface area contributed by atoms with Crippen LogP contribution in [0.3, 0.4) is 0 Å². The number of amides is 1. The maximum Gasteiger partial charge on any atom is 0.219 e. The number of carbonyl (C=O) groups is 1. The molecular weight excluding hydrogens is 298 g/mol. The summed E-state index contributed by atoms with van der Waals surface area (Å²) in [5.74, 6) is 0.188. The number of rotatable bonds is 6. The summed E-state index contributed by atoms with van der Waals surface area (Å²) in [6.07, 6.45) is 3.92. The molecule has 0 aromatic heterocycles. The summed E-state index contributed by atoms with van der Waals surface area (Å²) >= 11 is 0. The predicted octanol–water partition coefficient (Wildman–Crippen LogP) is 4.45. The van der Waals surface area contributed by atoms with Gasteiger partial charge in [-0.1, -0.05) is 44.2 Å². The number of ether oxygens (including phenoxy) is 1. The van der Waals surface area contributed by atoms with E-state index in [0.29, 0.717) is 6.04 Å². The van der Waals surface area contributed by atoms with Gasteiger partial charge in [-0.2, -0.15) is 0 Å². The van der Waals surface area contributed by atoms with Crippen LogP contribution in [0.5, 0.6) is 0 Å². The van der Waals surface area contributed by atoms with Crippen LogP contribution < -0.4 is 0 Å². The van der Waals surface area contributed by atoms with E-state index in [4.69, 9.17) is 4.74 Å². The fraction of sp³-hybridized carbons (Fsp3) is 0.667. The molecule has 1 aliphatic heterocycles. The fourth-order valence-electron chi connectivity index (χ4n) is 3.72. The lowest BCUT2D eigenvalue weighted by Crippen LogP contribution is -2.48. The van der Waals surface area contributed by atoms with Gasteiger partial charge in [0.2, 0.25) is 5.91 Å². The van der Waals surface area contributed by atoms with E-state index in [9.17, 15) is 4.79 Å². The second kappa shape index (κ2) is 7.69. The Morgan fingerprint density at radius 3 is 2.54 bits per heavy atom. The molecule has 1 fully saturated rings. The molecule has 0 N–H and O–H groups in total. The molecule has 0 unspecified atom stereocenters. The van der Waals surface area contributed by atoms with Gasteiger partial charge in [-0.05, 0) is 50.5 Å². The molecule has 1 saturated heterocycles. The number of hydrogen-bond donors (Lipinski definition) is 0. The van der Waals surface area contributed by atoms with Crippen molar-refractivity contribution in [1.29, 1.82) is 0 Å². The zero-order chi connectivity index (χ0) is 17.8. The lowest BCUT2D eigenvalue weighted by Gasteiger charge is -2.42. The standard InChI is InChI=1S/C21H33NO2/c1-17(23)22(19-11-14-24-21(4,5)16-19)13-12-20(2,3)15-18-9-7-6-8-10-18/h6-10,19H,11-16H2,1-5H3/t19-/m1/s1. The molecule has 0 radical (unpaired) electrons. The van der Waals surface area contributed by atoms with Gasteiger partial charge in [0, 0.05) is 26.1 Å². The zero-order valence-electron chi connectivity index (χ0n) is 16.0. The Morgan fingerprint density at radius 1 is 1.29 bits per heavy atom. The molecular formula is C21H33NO2. The average Bonchev–Trinajstić information content (AvgIpc) is 2.46. The van der Waals surface area contributed by atoms with Crippen molar-refractivity contribution in [3.63, 3.8) is 0 Å². The highest BCUT2D eigenvalue weighted by Crippen LogP contribution is 2.30. The number of carbonyl (C=O) groups excluding carboxylic acids is 1. The Labute approximate surface area is 147 Å². The second-order valence-corrected chi connectivity index (χ2v) is 8.54. The third kappa shape index (κ3) is 5.62. The van der Waals surface area contributed by atoms with E-state index in [1.807, 2.05) is 0 Å². The molecule has 0 bridgehead atoms. The van der Waals surface area contributed by atoms with Crippen molar-refractivity contribution < 1.29 is 9.53 Å². The van der Waals surface area contributed by atoms with Crippen LogP contribution in [0.1, 0.15) is 59.4 Å². The quantitative estimate of drug-likeness (QED) is 0.770. The van der Waals surface area contributed by atoms with Gasteiger partial charge < -0.3 is 9.64 Å². The Morgan fingerprint density at radius 2 is 1.96 bits per heavy atom. The number of hydrogen-bond acceptors (Lipinski definition) is 2. The van der Waals surface area contributed by atoms with Crippen LogP contribution in [0.25, 0.3) is 0 Å². The minimum absolute atomic E-state index is 0.129. The van der Waals surface area contributed by atoms with Crippen LogP contribution in [-0.4, -0.2) is 35.6 Å². The lowest BCUT2D eigenvalue weighted by molar-refractivity contribution is -0.138. The summed E-state index contributed by atoms with van der Waals surface area (Å²) in [5, 5.41) is 0. The maximum absolute atomic E-state index is 12.2. The van der Waals surface area contributed by atoms with E-state index in [0.717, 1.165) is 38.8 Å². The molecule has 1 amide bonds. The smallest absolute Gasteiger partial charge is 0.219 e. The maximum atomic E-state index is 12.2. The predicted molar refractivity (Wildman–Crippen MR) is 99.0 cm³/mol. The monoisotopic (exact) mass is 331 g/mol. The molecule has 1 aliphatic rings. The van der Waals surface area contributed by atoms with Gasteiger partial charge in [0.1, 0.15) is 0 Å². The molecule has 24 heavy (non-hydrogen) atoms. The number of nitrogens with zero attached hydrogens (tertiary/aromatic N) is 1. The topological polar surface area (TPSA) is 29.5 Å². The van der Waals surface area contributed by atoms with Crippen LogP contribution in [0.4, 0.5) is 0 Å². The van der Waals surface area contributed by atoms with E-state index in [1.165, 1.54) is 5.56 Å². The highest BCUT2D eigenvalue weighted by atomic mass is 16.5. The number of benzene rings is 1. The molecule has 134 valence electrons. The lowest BCUT2D eigenvalue weighted by atomic mass is 9.82. The summed E-state index contributed by atoms with van der Waals surface area (Å²) in [6, 6.07) is 10.9. The van der Waals surface area contributed by atoms with Crippen LogP contribution >= 0.6 is 0 Å². The Kier molecular flexibility index (Phi) is 6.08.